The van der Waals surface area contributed by atoms with E-state index in [4.69, 9.17) is 23.7 Å². The fourth-order valence-electron chi connectivity index (χ4n) is 15.7. The van der Waals surface area contributed by atoms with Crippen LogP contribution < -0.4 is 0 Å². The number of carbonyl (C=O) groups excluding carboxylic acids is 5. The number of thiophene rings is 1. The van der Waals surface area contributed by atoms with Gasteiger partial charge in [0.25, 0.3) is 6.10 Å². The van der Waals surface area contributed by atoms with Crippen LogP contribution in [0, 0.1) is 53.7 Å². The van der Waals surface area contributed by atoms with Crippen LogP contribution in [0.3, 0.4) is 0 Å². The van der Waals surface area contributed by atoms with Crippen molar-refractivity contribution in [3.05, 3.63) is 134 Å². The number of hydrogen-bond acceptors (Lipinski definition) is 16. The van der Waals surface area contributed by atoms with Crippen molar-refractivity contribution in [2.45, 2.75) is 283 Å². The fourth-order valence-corrected chi connectivity index (χ4v) is 22.3. The van der Waals surface area contributed by atoms with Crippen molar-refractivity contribution in [3.63, 3.8) is 0 Å². The number of ether oxygens (including phenoxy) is 6. The Kier molecular flexibility index (Phi) is 31.6. The Morgan fingerprint density at radius 2 is 1.10 bits per heavy atom. The Morgan fingerprint density at radius 1 is 0.629 bits per heavy atom. The van der Waals surface area contributed by atoms with Crippen LogP contribution >= 0.6 is 101 Å². The molecule has 1 aromatic heterocycles. The van der Waals surface area contributed by atoms with Gasteiger partial charge in [0.05, 0.1) is 37.3 Å². The van der Waals surface area contributed by atoms with Crippen LogP contribution in [-0.2, 0) is 68.1 Å². The number of phenolic OH excluding ortho intramolecular Hbond substituents is 1. The third-order valence-corrected chi connectivity index (χ3v) is 35.0. The molecule has 30 heteroatoms. The lowest BCUT2D eigenvalue weighted by molar-refractivity contribution is -0.270. The smallest absolute Gasteiger partial charge is 0.432 e. The molecular weight excluding hydrogens is 2010 g/mol. The van der Waals surface area contributed by atoms with Crippen molar-refractivity contribution in [1.29, 1.82) is 0 Å². The number of fused-ring (bicyclic) bond motifs is 4. The summed E-state index contributed by atoms with van der Waals surface area (Å²) < 4.78 is 177. The van der Waals surface area contributed by atoms with Gasteiger partial charge in [-0.1, -0.05) is 115 Å². The number of hydrogen-bond donors (Lipinski definition) is 2. The van der Waals surface area contributed by atoms with Crippen LogP contribution in [0.4, 0.5) is 35.1 Å². The van der Waals surface area contributed by atoms with Crippen molar-refractivity contribution in [2.75, 3.05) is 0 Å². The standard InChI is InChI=1S/C20H27F5O7S.C18H13S.C13H17F3O.C13H18O5.C12H22O2.C10H10I4O/c1-4-16(2,3)14(26)32-18-8-11-5-12(9-18)7-17(6-11,10-18)15(27)31-13(19(21,22)23)20(24,25)33(28,29)30;1-2-8-14(9-3-1)19-17-12-6-4-10-15(17)16-11-5-7-13-18(16)19;1-4-9(2)10-5-7-11(8-6-10)12(3,17)13(14,15)16;1-4-13(2,3)12(15)18-9-7-5-6-8(16-7)10(9)17-11(6)14;1-5-11(2,3)10(13)14-12(4)8-6-7-9-12;1-3-4(2)5-6(11)7(12)8(13)9(14)10(5)15/h11-13H,4-10H2,1-3H3,(H,28,29,30);1-13H;5-9,17H,4H2,1-3H3;6-10H,4-5H2,1-3H3;5-9H2,1-4H3;4,15H,3H2,1-2H3/q;+1;;;;/p-1. The summed E-state index contributed by atoms with van der Waals surface area (Å²) in [5.74, 6) is -2.04. The van der Waals surface area contributed by atoms with E-state index in [1.807, 2.05) is 55.4 Å². The fraction of sp³-hybridized carbons (Fsp3) is 0.593. The minimum Gasteiger partial charge on any atom is -0.743 e. The number of aliphatic hydroxyl groups is 1. The van der Waals surface area contributed by atoms with E-state index in [0.29, 0.717) is 56.1 Å². The van der Waals surface area contributed by atoms with Gasteiger partial charge in [-0.05, 0) is 313 Å². The molecule has 6 aromatic rings. The molecule has 116 heavy (non-hydrogen) atoms. The third-order valence-electron chi connectivity index (χ3n) is 24.3. The summed E-state index contributed by atoms with van der Waals surface area (Å²) in [6.07, 6.45) is -5.99. The first kappa shape index (κ1) is 97.1. The molecule has 3 saturated heterocycles. The zero-order valence-electron chi connectivity index (χ0n) is 67.9. The highest BCUT2D eigenvalue weighted by molar-refractivity contribution is 14.1. The second kappa shape index (κ2) is 37.8. The molecule has 2 N–H and O–H groups in total. The minimum atomic E-state index is -6.78. The summed E-state index contributed by atoms with van der Waals surface area (Å²) in [4.78, 5) is 62.5. The number of carbonyl (C=O) groups is 5. The minimum absolute atomic E-state index is 0.0376. The first-order chi connectivity index (χ1) is 53.7. The molecule has 5 saturated carbocycles. The number of rotatable bonds is 19. The van der Waals surface area contributed by atoms with Crippen molar-refractivity contribution in [2.24, 2.45) is 39.4 Å². The number of esters is 5. The Bertz CT molecular complexity index is 4510. The SMILES string of the molecule is CCC(C)(C)C(=O)OC1(C)CCCC1.CCC(C)(C)C(=O)OC12CC3CC(C1)CC(C(=O)OC(C(F)(F)F)C(F)(F)S(=O)(=O)[O-])(C3)C2.CCC(C)(C)C(=O)OC1C2CC3C(=O)OC1C3O2.CCC(C)c1c(O)c(I)c(I)c(I)c1I.CCC(C)c1ccc(C(C)(O)C(F)(F)F)cc1.c1ccc(-[s+]2c3ccccc3c3ccccc32)cc1. The van der Waals surface area contributed by atoms with Crippen LogP contribution in [-0.4, -0.2) is 112 Å². The van der Waals surface area contributed by atoms with E-state index in [2.05, 4.69) is 195 Å². The average molecular weight is 2120 g/mol. The molecule has 5 aromatic carbocycles. The van der Waals surface area contributed by atoms with E-state index >= 15 is 0 Å². The highest BCUT2D eigenvalue weighted by atomic mass is 127. The van der Waals surface area contributed by atoms with Crippen molar-refractivity contribution in [3.8, 4) is 10.6 Å². The maximum Gasteiger partial charge on any atom is 0.432 e. The molecule has 11 atom stereocenters. The van der Waals surface area contributed by atoms with Crippen LogP contribution in [0.2, 0.25) is 0 Å². The van der Waals surface area contributed by atoms with Gasteiger partial charge in [-0.2, -0.15) is 35.1 Å². The molecule has 642 valence electrons. The summed E-state index contributed by atoms with van der Waals surface area (Å²) in [5.41, 5.74) is -5.48. The topological polar surface area (TPSA) is 238 Å². The average Bonchev–Trinajstić information content (AvgIpc) is 1.28. The second-order valence-electron chi connectivity index (χ2n) is 34.1. The summed E-state index contributed by atoms with van der Waals surface area (Å²) in [7, 11) is -6.72. The van der Waals surface area contributed by atoms with E-state index in [-0.39, 0.29) is 94.2 Å². The summed E-state index contributed by atoms with van der Waals surface area (Å²) in [5, 5.41) is 16.5. The monoisotopic (exact) mass is 2120 g/mol. The number of aromatic hydroxyl groups is 1. The Morgan fingerprint density at radius 3 is 1.58 bits per heavy atom. The van der Waals surface area contributed by atoms with Crippen molar-refractivity contribution in [1.82, 2.24) is 0 Å². The predicted molar refractivity (Wildman–Crippen MR) is 462 cm³/mol. The first-order valence-electron chi connectivity index (χ1n) is 39.2. The molecule has 6 bridgehead atoms. The van der Waals surface area contributed by atoms with Crippen molar-refractivity contribution >= 4 is 161 Å². The molecule has 0 amide bonds. The highest BCUT2D eigenvalue weighted by Crippen LogP contribution is 2.64. The Hall–Kier alpha value is -4.34. The second-order valence-corrected chi connectivity index (χ2v) is 41.8. The maximum atomic E-state index is 13.9. The van der Waals surface area contributed by atoms with Gasteiger partial charge in [0.1, 0.15) is 23.1 Å². The van der Waals surface area contributed by atoms with E-state index in [1.165, 1.54) is 57.2 Å². The van der Waals surface area contributed by atoms with E-state index < -0.39 is 85.4 Å². The highest BCUT2D eigenvalue weighted by Gasteiger charge is 2.69. The molecule has 11 unspecified atom stereocenters. The molecule has 8 fully saturated rings. The molecule has 0 spiro atoms. The summed E-state index contributed by atoms with van der Waals surface area (Å²) in [6, 6.07) is 34.4. The zero-order valence-corrected chi connectivity index (χ0v) is 78.1. The Labute approximate surface area is 732 Å². The van der Waals surface area contributed by atoms with E-state index in [9.17, 15) is 82.3 Å². The lowest BCUT2D eigenvalue weighted by Gasteiger charge is -2.60. The molecule has 3 aliphatic heterocycles. The van der Waals surface area contributed by atoms with Crippen LogP contribution in [0.25, 0.3) is 25.1 Å². The van der Waals surface area contributed by atoms with Gasteiger partial charge >= 0.3 is 47.5 Å². The molecule has 16 nitrogen and oxygen atoms in total. The third kappa shape index (κ3) is 21.5. The largest absolute Gasteiger partial charge is 0.743 e. The van der Waals surface area contributed by atoms with Gasteiger partial charge < -0.3 is 43.2 Å². The van der Waals surface area contributed by atoms with Gasteiger partial charge in [0, 0.05) is 43.9 Å². The number of benzene rings is 5. The van der Waals surface area contributed by atoms with Gasteiger partial charge in [0.15, 0.2) is 42.2 Å². The van der Waals surface area contributed by atoms with Crippen LogP contribution in [0.1, 0.15) is 235 Å². The number of halogens is 12. The number of alkyl halides is 8. The van der Waals surface area contributed by atoms with Crippen LogP contribution in [0.5, 0.6) is 5.75 Å². The normalized spacial score (nSPS) is 24.4. The lowest BCUT2D eigenvalue weighted by Crippen LogP contribution is -2.62. The molecular formula is C86H106F8I4O16S2. The summed E-state index contributed by atoms with van der Waals surface area (Å²) >= 11 is 9.20. The van der Waals surface area contributed by atoms with Gasteiger partial charge in [-0.3, -0.25) is 24.0 Å². The predicted octanol–water partition coefficient (Wildman–Crippen LogP) is 23.3. The van der Waals surface area contributed by atoms with Crippen LogP contribution in [0.15, 0.2) is 103 Å². The van der Waals surface area contributed by atoms with Gasteiger partial charge in [-0.25, -0.2) is 8.42 Å². The Balaban J connectivity index is 0.000000179. The van der Waals surface area contributed by atoms with Gasteiger partial charge in [-0.15, -0.1) is 0 Å². The van der Waals surface area contributed by atoms with Crippen molar-refractivity contribution < 1.29 is 111 Å². The quantitative estimate of drug-likeness (QED) is 0.0112. The zero-order chi connectivity index (χ0) is 86.8. The maximum absolute atomic E-state index is 13.9. The molecule has 5 aliphatic carbocycles. The first-order valence-corrected chi connectivity index (χ1v) is 46.2. The lowest BCUT2D eigenvalue weighted by atomic mass is 9.48. The molecule has 4 heterocycles. The molecule has 0 radical (unpaired) electrons. The summed E-state index contributed by atoms with van der Waals surface area (Å²) in [6.45, 7) is 27.9. The number of phenols is 1. The van der Waals surface area contributed by atoms with Gasteiger partial charge in [0.2, 0.25) is 0 Å². The van der Waals surface area contributed by atoms with E-state index in [1.54, 1.807) is 32.9 Å². The molecule has 14 rings (SSSR count). The molecule has 8 aliphatic rings. The van der Waals surface area contributed by atoms with E-state index in [0.717, 1.165) is 57.3 Å².